The minimum Gasteiger partial charge on any atom is -0.356 e. The second-order valence-corrected chi connectivity index (χ2v) is 8.19. The summed E-state index contributed by atoms with van der Waals surface area (Å²) in [6, 6.07) is 21.3. The number of aliphatic imine (C=N–C) groups is 1. The van der Waals surface area contributed by atoms with Crippen LogP contribution in [0.2, 0.25) is 0 Å². The van der Waals surface area contributed by atoms with Crippen molar-refractivity contribution in [3.63, 3.8) is 0 Å². The summed E-state index contributed by atoms with van der Waals surface area (Å²) in [6.07, 6.45) is 1.01. The third kappa shape index (κ3) is 7.20. The molecule has 32 heavy (non-hydrogen) atoms. The van der Waals surface area contributed by atoms with Crippen molar-refractivity contribution in [1.29, 1.82) is 0 Å². The Morgan fingerprint density at radius 1 is 1.00 bits per heavy atom. The highest BCUT2D eigenvalue weighted by Crippen LogP contribution is 2.08. The average Bonchev–Trinajstić information content (AvgIpc) is 3.14. The molecule has 1 heterocycles. The van der Waals surface area contributed by atoms with Crippen molar-refractivity contribution in [2.24, 2.45) is 12.0 Å². The predicted octanol–water partition coefficient (Wildman–Crippen LogP) is 3.27. The minimum absolute atomic E-state index is 0.444. The highest BCUT2D eigenvalue weighted by atomic mass is 15.3. The molecule has 0 aliphatic heterocycles. The fourth-order valence-electron chi connectivity index (χ4n) is 3.34. The van der Waals surface area contributed by atoms with E-state index in [2.05, 4.69) is 82.2 Å². The molecule has 3 aromatic rings. The molecule has 7 nitrogen and oxygen atoms in total. The summed E-state index contributed by atoms with van der Waals surface area (Å²) in [7, 11) is 4.15. The predicted molar refractivity (Wildman–Crippen MR) is 130 cm³/mol. The quantitative estimate of drug-likeness (QED) is 0.379. The number of aromatic nitrogens is 3. The van der Waals surface area contributed by atoms with Gasteiger partial charge in [0.2, 0.25) is 0 Å². The Balaban J connectivity index is 1.54. The van der Waals surface area contributed by atoms with Crippen LogP contribution in [0.25, 0.3) is 0 Å². The molecule has 1 atom stereocenters. The van der Waals surface area contributed by atoms with E-state index in [9.17, 15) is 0 Å². The lowest BCUT2D eigenvalue weighted by Gasteiger charge is -2.25. The molecular weight excluding hydrogens is 398 g/mol. The molecule has 1 aromatic heterocycles. The van der Waals surface area contributed by atoms with Crippen molar-refractivity contribution in [2.45, 2.75) is 45.9 Å². The first kappa shape index (κ1) is 23.5. The van der Waals surface area contributed by atoms with E-state index < -0.39 is 0 Å². The number of nitrogens with zero attached hydrogens (tertiary/aromatic N) is 5. The maximum Gasteiger partial charge on any atom is 0.191 e. The summed E-state index contributed by atoms with van der Waals surface area (Å²) >= 11 is 0. The molecule has 3 rings (SSSR count). The van der Waals surface area contributed by atoms with Gasteiger partial charge in [0.05, 0.1) is 13.1 Å². The van der Waals surface area contributed by atoms with Crippen LogP contribution >= 0.6 is 0 Å². The highest BCUT2D eigenvalue weighted by molar-refractivity contribution is 5.79. The van der Waals surface area contributed by atoms with Crippen LogP contribution in [-0.4, -0.2) is 45.3 Å². The molecule has 0 radical (unpaired) electrons. The smallest absolute Gasteiger partial charge is 0.191 e. The number of aryl methyl sites for hydroxylation is 1. The summed E-state index contributed by atoms with van der Waals surface area (Å²) in [5.74, 6) is 2.56. The molecule has 0 saturated carbocycles. The van der Waals surface area contributed by atoms with Gasteiger partial charge in [0, 0.05) is 26.2 Å². The Bertz CT molecular complexity index is 966. The van der Waals surface area contributed by atoms with Crippen LogP contribution < -0.4 is 10.6 Å². The van der Waals surface area contributed by atoms with Gasteiger partial charge in [-0.3, -0.25) is 4.90 Å². The Hall–Kier alpha value is -3.19. The van der Waals surface area contributed by atoms with E-state index in [0.717, 1.165) is 37.1 Å². The van der Waals surface area contributed by atoms with Crippen molar-refractivity contribution < 1.29 is 0 Å². The van der Waals surface area contributed by atoms with E-state index in [-0.39, 0.29) is 0 Å². The number of hydrogen-bond donors (Lipinski definition) is 2. The Kier molecular flexibility index (Phi) is 8.80. The van der Waals surface area contributed by atoms with E-state index >= 15 is 0 Å². The van der Waals surface area contributed by atoms with Crippen LogP contribution in [0.3, 0.4) is 0 Å². The van der Waals surface area contributed by atoms with E-state index in [0.29, 0.717) is 19.1 Å². The van der Waals surface area contributed by atoms with Gasteiger partial charge < -0.3 is 15.2 Å². The van der Waals surface area contributed by atoms with Gasteiger partial charge >= 0.3 is 0 Å². The molecular formula is C25H35N7. The second-order valence-electron chi connectivity index (χ2n) is 8.19. The number of benzene rings is 2. The van der Waals surface area contributed by atoms with Crippen molar-refractivity contribution in [2.75, 3.05) is 13.6 Å². The maximum absolute atomic E-state index is 4.78. The van der Waals surface area contributed by atoms with Crippen LogP contribution in [0.5, 0.6) is 0 Å². The summed E-state index contributed by atoms with van der Waals surface area (Å²) in [5, 5.41) is 15.3. The average molecular weight is 434 g/mol. The number of nitrogens with one attached hydrogen (secondary N) is 2. The summed E-state index contributed by atoms with van der Waals surface area (Å²) < 4.78 is 1.99. The molecule has 0 spiro atoms. The van der Waals surface area contributed by atoms with Crippen molar-refractivity contribution in [1.82, 2.24) is 30.3 Å². The minimum atomic E-state index is 0.444. The fraction of sp³-hybridized carbons (Fsp3) is 0.400. The van der Waals surface area contributed by atoms with Gasteiger partial charge in [-0.1, -0.05) is 60.7 Å². The largest absolute Gasteiger partial charge is 0.356 e. The molecule has 2 aromatic carbocycles. The van der Waals surface area contributed by atoms with Crippen LogP contribution in [0.15, 0.2) is 65.7 Å². The van der Waals surface area contributed by atoms with Crippen molar-refractivity contribution >= 4 is 5.96 Å². The zero-order valence-electron chi connectivity index (χ0n) is 19.6. The summed E-state index contributed by atoms with van der Waals surface area (Å²) in [5.41, 5.74) is 2.51. The van der Waals surface area contributed by atoms with E-state index in [1.807, 2.05) is 36.7 Å². The molecule has 0 saturated heterocycles. The second kappa shape index (κ2) is 12.0. The van der Waals surface area contributed by atoms with Gasteiger partial charge in [-0.25, -0.2) is 4.99 Å². The molecule has 0 bridgehead atoms. The zero-order valence-corrected chi connectivity index (χ0v) is 19.6. The number of hydrogen-bond acceptors (Lipinski definition) is 4. The summed E-state index contributed by atoms with van der Waals surface area (Å²) in [4.78, 5) is 7.16. The van der Waals surface area contributed by atoms with E-state index in [1.165, 1.54) is 11.1 Å². The van der Waals surface area contributed by atoms with Gasteiger partial charge in [-0.05, 0) is 38.4 Å². The molecule has 0 fully saturated rings. The molecule has 0 aliphatic carbocycles. The monoisotopic (exact) mass is 433 g/mol. The van der Waals surface area contributed by atoms with Gasteiger partial charge in [0.15, 0.2) is 11.8 Å². The molecule has 170 valence electrons. The van der Waals surface area contributed by atoms with E-state index in [4.69, 9.17) is 4.99 Å². The lowest BCUT2D eigenvalue weighted by atomic mass is 10.1. The first-order valence-electron chi connectivity index (χ1n) is 11.2. The van der Waals surface area contributed by atoms with Crippen molar-refractivity contribution in [3.8, 4) is 0 Å². The SMILES string of the molecule is Cc1nnc(CNC(=NCc2ccccc2)NCCC(C)N(C)Cc2ccccc2)n1C. The van der Waals surface area contributed by atoms with Gasteiger partial charge in [-0.2, -0.15) is 0 Å². The maximum atomic E-state index is 4.78. The van der Waals surface area contributed by atoms with Crippen LogP contribution in [-0.2, 0) is 26.7 Å². The van der Waals surface area contributed by atoms with Crippen LogP contribution in [0, 0.1) is 6.92 Å². The topological polar surface area (TPSA) is 70.4 Å². The van der Waals surface area contributed by atoms with Gasteiger partial charge in [0.1, 0.15) is 5.82 Å². The van der Waals surface area contributed by atoms with Crippen LogP contribution in [0.1, 0.15) is 36.1 Å². The van der Waals surface area contributed by atoms with Crippen LogP contribution in [0.4, 0.5) is 0 Å². The first-order valence-corrected chi connectivity index (χ1v) is 11.2. The molecule has 1 unspecified atom stereocenters. The van der Waals surface area contributed by atoms with Gasteiger partial charge in [-0.15, -0.1) is 10.2 Å². The van der Waals surface area contributed by atoms with E-state index in [1.54, 1.807) is 0 Å². The molecule has 0 amide bonds. The van der Waals surface area contributed by atoms with Crippen molar-refractivity contribution in [3.05, 3.63) is 83.4 Å². The molecule has 0 aliphatic rings. The molecule has 2 N–H and O–H groups in total. The number of rotatable bonds is 10. The summed E-state index contributed by atoms with van der Waals surface area (Å²) in [6.45, 7) is 7.19. The fourth-order valence-corrected chi connectivity index (χ4v) is 3.34. The standard InChI is InChI=1S/C25H35N7/c1-20(31(3)19-23-13-9-6-10-14-23)15-16-26-25(27-17-22-11-7-5-8-12-22)28-18-24-30-29-21(2)32(24)4/h5-14,20H,15-19H2,1-4H3,(H2,26,27,28). The third-order valence-corrected chi connectivity index (χ3v) is 5.74. The third-order valence-electron chi connectivity index (χ3n) is 5.74. The first-order chi connectivity index (χ1) is 15.5. The Labute approximate surface area is 191 Å². The molecule has 7 heteroatoms. The number of guanidine groups is 1. The Morgan fingerprint density at radius 3 is 2.28 bits per heavy atom. The zero-order chi connectivity index (χ0) is 22.8. The Morgan fingerprint density at radius 2 is 1.66 bits per heavy atom. The van der Waals surface area contributed by atoms with Gasteiger partial charge in [0.25, 0.3) is 0 Å². The lowest BCUT2D eigenvalue weighted by molar-refractivity contribution is 0.238. The lowest BCUT2D eigenvalue weighted by Crippen LogP contribution is -2.40. The highest BCUT2D eigenvalue weighted by Gasteiger charge is 2.11. The normalized spacial score (nSPS) is 12.7.